The van der Waals surface area contributed by atoms with Gasteiger partial charge in [0.1, 0.15) is 11.9 Å². The molecule has 0 aromatic heterocycles. The number of benzene rings is 1. The quantitative estimate of drug-likeness (QED) is 0.574. The van der Waals surface area contributed by atoms with Gasteiger partial charge in [-0.1, -0.05) is 24.3 Å². The molecule has 2 saturated heterocycles. The molecule has 3 rings (SSSR count). The summed E-state index contributed by atoms with van der Waals surface area (Å²) in [6.45, 7) is 5.56. The van der Waals surface area contributed by atoms with E-state index in [9.17, 15) is 4.79 Å². The van der Waals surface area contributed by atoms with E-state index in [-0.39, 0.29) is 24.2 Å². The smallest absolute Gasteiger partial charge is 0.255 e. The van der Waals surface area contributed by atoms with Crippen LogP contribution in [0.4, 0.5) is 5.69 Å². The summed E-state index contributed by atoms with van der Waals surface area (Å²) in [7, 11) is 3.89. The fourth-order valence-electron chi connectivity index (χ4n) is 4.15. The normalized spacial score (nSPS) is 28.6. The number of nitrogens with two attached hydrogens (primary N) is 1. The van der Waals surface area contributed by atoms with Gasteiger partial charge in [-0.3, -0.25) is 9.69 Å². The zero-order valence-corrected chi connectivity index (χ0v) is 16.8. The molecule has 2 fully saturated rings. The number of nitrogens with zero attached hydrogens (tertiary/aromatic N) is 1. The highest BCUT2D eigenvalue weighted by Gasteiger charge is 2.45. The Morgan fingerprint density at radius 1 is 1.44 bits per heavy atom. The number of carbonyl (C=O) groups is 1. The monoisotopic (exact) mass is 393 g/mol. The minimum absolute atomic E-state index is 0.0878. The van der Waals surface area contributed by atoms with E-state index < -0.39 is 0 Å². The first-order valence-corrected chi connectivity index (χ1v) is 9.65. The molecule has 5 atom stereocenters. The average molecular weight is 394 g/mol. The van der Waals surface area contributed by atoms with Crippen molar-refractivity contribution in [3.63, 3.8) is 0 Å². The predicted molar refractivity (Wildman–Crippen MR) is 107 cm³/mol. The van der Waals surface area contributed by atoms with Gasteiger partial charge in [0.15, 0.2) is 0 Å². The number of halogens is 1. The third-order valence-corrected chi connectivity index (χ3v) is 6.07. The number of piperidine rings is 1. The van der Waals surface area contributed by atoms with Gasteiger partial charge in [0.05, 0.1) is 22.4 Å². The predicted octanol–water partition coefficient (Wildman–Crippen LogP) is 2.86. The largest absolute Gasteiger partial charge is 0.486 e. The second-order valence-corrected chi connectivity index (χ2v) is 7.87. The van der Waals surface area contributed by atoms with Crippen molar-refractivity contribution in [1.29, 1.82) is 0 Å². The van der Waals surface area contributed by atoms with E-state index in [1.165, 1.54) is 0 Å². The van der Waals surface area contributed by atoms with E-state index in [1.54, 1.807) is 25.3 Å². The maximum atomic E-state index is 13.0. The topological polar surface area (TPSA) is 76.8 Å². The van der Waals surface area contributed by atoms with E-state index in [1.807, 2.05) is 6.92 Å². The maximum absolute atomic E-state index is 13.0. The van der Waals surface area contributed by atoms with Gasteiger partial charge in [0.2, 0.25) is 0 Å². The lowest BCUT2D eigenvalue weighted by Gasteiger charge is -2.37. The summed E-state index contributed by atoms with van der Waals surface area (Å²) in [5, 5.41) is 3.49. The minimum atomic E-state index is -0.251. The molecule has 27 heavy (non-hydrogen) atoms. The molecule has 7 heteroatoms. The van der Waals surface area contributed by atoms with E-state index in [0.29, 0.717) is 34.1 Å². The van der Waals surface area contributed by atoms with Crippen LogP contribution in [0.2, 0.25) is 5.02 Å². The first kappa shape index (κ1) is 20.0. The highest BCUT2D eigenvalue weighted by Crippen LogP contribution is 2.36. The number of hydrogen-bond donors (Lipinski definition) is 2. The summed E-state index contributed by atoms with van der Waals surface area (Å²) in [6, 6.07) is 4.00. The van der Waals surface area contributed by atoms with E-state index in [2.05, 4.69) is 23.8 Å². The Morgan fingerprint density at radius 2 is 2.19 bits per heavy atom. The standard InChI is InChI=1S/C20H28ClN3O3/c1-5-11(2)27-18-10-16(22)15(21)9-14(18)20(25)23-12-6-13-8-19(26-4)17(7-12)24(13)3/h5,9-13,17,19H,1,6-8,22H2,2-4H3,(H,23,25)/t11-,12?,13?,17?,19?/m1/s1. The van der Waals surface area contributed by atoms with Crippen molar-refractivity contribution in [3.8, 4) is 5.75 Å². The molecule has 3 N–H and O–H groups in total. The van der Waals surface area contributed by atoms with E-state index >= 15 is 0 Å². The minimum Gasteiger partial charge on any atom is -0.486 e. The SMILES string of the molecule is C=C[C@@H](C)Oc1cc(N)c(Cl)cc1C(=O)NC1CC2CC(OC)C(C1)N2C. The van der Waals surface area contributed by atoms with Crippen molar-refractivity contribution in [3.05, 3.63) is 35.4 Å². The Morgan fingerprint density at radius 3 is 2.85 bits per heavy atom. The number of fused-ring (bicyclic) bond motifs is 2. The number of methoxy groups -OCH3 is 1. The Bertz CT molecular complexity index is 727. The molecule has 0 spiro atoms. The highest BCUT2D eigenvalue weighted by atomic mass is 35.5. The van der Waals surface area contributed by atoms with Gasteiger partial charge in [0, 0.05) is 31.3 Å². The summed E-state index contributed by atoms with van der Waals surface area (Å²) in [5.74, 6) is 0.207. The molecular formula is C20H28ClN3O3. The van der Waals surface area contributed by atoms with Crippen LogP contribution in [0.15, 0.2) is 24.8 Å². The number of anilines is 1. The Kier molecular flexibility index (Phi) is 5.99. The van der Waals surface area contributed by atoms with Crippen molar-refractivity contribution in [2.45, 2.75) is 56.5 Å². The number of ether oxygens (including phenoxy) is 2. The van der Waals surface area contributed by atoms with Crippen molar-refractivity contribution in [2.24, 2.45) is 0 Å². The summed E-state index contributed by atoms with van der Waals surface area (Å²) in [5.41, 5.74) is 6.65. The van der Waals surface area contributed by atoms with Crippen LogP contribution < -0.4 is 15.8 Å². The second kappa shape index (κ2) is 8.09. The Balaban J connectivity index is 1.76. The molecular weight excluding hydrogens is 366 g/mol. The lowest BCUT2D eigenvalue weighted by atomic mass is 9.97. The molecule has 4 unspecified atom stereocenters. The molecule has 1 aromatic rings. The fraction of sp³-hybridized carbons (Fsp3) is 0.550. The molecule has 148 valence electrons. The number of likely N-dealkylation sites (N-methyl/N-ethyl adjacent to an activating group) is 1. The van der Waals surface area contributed by atoms with Crippen molar-refractivity contribution in [2.75, 3.05) is 19.9 Å². The van der Waals surface area contributed by atoms with Gasteiger partial charge in [0.25, 0.3) is 5.91 Å². The van der Waals surface area contributed by atoms with Gasteiger partial charge in [-0.2, -0.15) is 0 Å². The van der Waals surface area contributed by atoms with Crippen LogP contribution in [-0.4, -0.2) is 55.3 Å². The number of hydrogen-bond acceptors (Lipinski definition) is 5. The summed E-state index contributed by atoms with van der Waals surface area (Å²) >= 11 is 6.15. The van der Waals surface area contributed by atoms with Crippen LogP contribution in [0.1, 0.15) is 36.5 Å². The lowest BCUT2D eigenvalue weighted by Crippen LogP contribution is -2.50. The molecule has 0 aliphatic carbocycles. The first-order valence-electron chi connectivity index (χ1n) is 9.27. The van der Waals surface area contributed by atoms with Crippen molar-refractivity contribution >= 4 is 23.2 Å². The van der Waals surface area contributed by atoms with Crippen LogP contribution >= 0.6 is 11.6 Å². The van der Waals surface area contributed by atoms with Gasteiger partial charge in [-0.25, -0.2) is 0 Å². The van der Waals surface area contributed by atoms with Crippen LogP contribution in [0.25, 0.3) is 0 Å². The fourth-order valence-corrected chi connectivity index (χ4v) is 4.31. The maximum Gasteiger partial charge on any atom is 0.255 e. The van der Waals surface area contributed by atoms with Gasteiger partial charge in [-0.05, 0) is 39.3 Å². The van der Waals surface area contributed by atoms with Crippen LogP contribution in [0.5, 0.6) is 5.75 Å². The van der Waals surface area contributed by atoms with E-state index in [0.717, 1.165) is 19.3 Å². The molecule has 0 radical (unpaired) electrons. The molecule has 2 heterocycles. The molecule has 6 nitrogen and oxygen atoms in total. The van der Waals surface area contributed by atoms with Crippen LogP contribution in [0.3, 0.4) is 0 Å². The average Bonchev–Trinajstić information content (AvgIpc) is 2.81. The molecule has 2 aliphatic rings. The highest BCUT2D eigenvalue weighted by molar-refractivity contribution is 6.33. The zero-order valence-electron chi connectivity index (χ0n) is 16.1. The molecule has 2 aliphatic heterocycles. The van der Waals surface area contributed by atoms with Gasteiger partial charge < -0.3 is 20.5 Å². The third kappa shape index (κ3) is 4.08. The summed E-state index contributed by atoms with van der Waals surface area (Å²) < 4.78 is 11.4. The number of nitrogen functional groups attached to an aromatic ring is 1. The number of nitrogens with one attached hydrogen (secondary N) is 1. The van der Waals surface area contributed by atoms with Gasteiger partial charge in [-0.15, -0.1) is 0 Å². The second-order valence-electron chi connectivity index (χ2n) is 7.47. The van der Waals surface area contributed by atoms with Crippen LogP contribution in [0, 0.1) is 0 Å². The molecule has 0 saturated carbocycles. The first-order chi connectivity index (χ1) is 12.8. The molecule has 2 bridgehead atoms. The van der Waals surface area contributed by atoms with Crippen molar-refractivity contribution < 1.29 is 14.3 Å². The van der Waals surface area contributed by atoms with Gasteiger partial charge >= 0.3 is 0 Å². The summed E-state index contributed by atoms with van der Waals surface area (Å²) in [6.07, 6.45) is 4.40. The summed E-state index contributed by atoms with van der Waals surface area (Å²) in [4.78, 5) is 15.3. The number of rotatable bonds is 6. The Labute approximate surface area is 165 Å². The van der Waals surface area contributed by atoms with Crippen molar-refractivity contribution in [1.82, 2.24) is 10.2 Å². The Hall–Kier alpha value is -1.76. The lowest BCUT2D eigenvalue weighted by molar-refractivity contribution is 0.0523. The third-order valence-electron chi connectivity index (χ3n) is 5.74. The molecule has 1 aromatic carbocycles. The van der Waals surface area contributed by atoms with Crippen LogP contribution in [-0.2, 0) is 4.74 Å². The van der Waals surface area contributed by atoms with E-state index in [4.69, 9.17) is 26.8 Å². The molecule has 1 amide bonds. The zero-order chi connectivity index (χ0) is 19.7. The number of carbonyl (C=O) groups excluding carboxylic acids is 1. The number of amides is 1.